The van der Waals surface area contributed by atoms with Gasteiger partial charge in [-0.15, -0.1) is 0 Å². The second kappa shape index (κ2) is 8.82. The highest BCUT2D eigenvalue weighted by atomic mass is 19.2. The van der Waals surface area contributed by atoms with Gasteiger partial charge in [0.2, 0.25) is 0 Å². The van der Waals surface area contributed by atoms with E-state index in [0.717, 1.165) is 62.3 Å². The fourth-order valence-corrected chi connectivity index (χ4v) is 5.65. The van der Waals surface area contributed by atoms with E-state index < -0.39 is 17.7 Å². The summed E-state index contributed by atoms with van der Waals surface area (Å²) in [7, 11) is 2.14. The smallest absolute Gasteiger partial charge is 0.319 e. The van der Waals surface area contributed by atoms with Crippen LogP contribution in [-0.4, -0.2) is 49.8 Å². The van der Waals surface area contributed by atoms with Crippen molar-refractivity contribution in [1.29, 1.82) is 0 Å². The Kier molecular flexibility index (Phi) is 5.86. The molecule has 0 aromatic heterocycles. The molecule has 8 heteroatoms. The minimum absolute atomic E-state index is 0.00520. The molecule has 0 bridgehead atoms. The van der Waals surface area contributed by atoms with Crippen LogP contribution in [0.5, 0.6) is 11.5 Å². The first kappa shape index (κ1) is 21.9. The number of nitrogens with zero attached hydrogens (tertiary/aromatic N) is 1. The molecule has 6 nitrogen and oxygen atoms in total. The summed E-state index contributed by atoms with van der Waals surface area (Å²) in [6, 6.07) is 9.55. The molecule has 2 aromatic carbocycles. The lowest BCUT2D eigenvalue weighted by Gasteiger charge is -2.45. The molecule has 33 heavy (non-hydrogen) atoms. The van der Waals surface area contributed by atoms with Crippen molar-refractivity contribution in [2.75, 3.05) is 32.1 Å². The molecule has 1 saturated heterocycles. The van der Waals surface area contributed by atoms with E-state index in [2.05, 4.69) is 34.7 Å². The van der Waals surface area contributed by atoms with E-state index >= 15 is 0 Å². The average Bonchev–Trinajstić information content (AvgIpc) is 2.97. The zero-order valence-corrected chi connectivity index (χ0v) is 18.7. The molecular weight excluding hydrogens is 428 g/mol. The Morgan fingerprint density at radius 1 is 1.06 bits per heavy atom. The van der Waals surface area contributed by atoms with E-state index in [0.29, 0.717) is 13.2 Å². The summed E-state index contributed by atoms with van der Waals surface area (Å²) in [5.74, 6) is -0.305. The van der Waals surface area contributed by atoms with Gasteiger partial charge in [-0.3, -0.25) is 0 Å². The van der Waals surface area contributed by atoms with Crippen molar-refractivity contribution in [2.24, 2.45) is 0 Å². The van der Waals surface area contributed by atoms with Crippen LogP contribution < -0.4 is 20.1 Å². The largest absolute Gasteiger partial charge is 0.490 e. The van der Waals surface area contributed by atoms with Gasteiger partial charge in [-0.1, -0.05) is 6.07 Å². The number of carbonyl (C=O) groups is 1. The summed E-state index contributed by atoms with van der Waals surface area (Å²) in [5, 5.41) is 5.63. The molecule has 1 saturated carbocycles. The number of urea groups is 1. The Morgan fingerprint density at radius 2 is 1.88 bits per heavy atom. The summed E-state index contributed by atoms with van der Waals surface area (Å²) in [6.07, 6.45) is 4.53. The highest BCUT2D eigenvalue weighted by molar-refractivity contribution is 5.89. The van der Waals surface area contributed by atoms with Crippen molar-refractivity contribution in [2.45, 2.75) is 49.6 Å². The molecular formula is C25H29F2N3O3. The first-order valence-corrected chi connectivity index (χ1v) is 11.6. The van der Waals surface area contributed by atoms with Gasteiger partial charge in [0, 0.05) is 35.7 Å². The number of halogens is 2. The number of rotatable bonds is 3. The molecule has 2 amide bonds. The van der Waals surface area contributed by atoms with E-state index in [4.69, 9.17) is 9.47 Å². The van der Waals surface area contributed by atoms with Crippen molar-refractivity contribution in [1.82, 2.24) is 10.2 Å². The van der Waals surface area contributed by atoms with E-state index in [9.17, 15) is 13.6 Å². The summed E-state index contributed by atoms with van der Waals surface area (Å²) >= 11 is 0. The van der Waals surface area contributed by atoms with Crippen LogP contribution in [0.3, 0.4) is 0 Å². The van der Waals surface area contributed by atoms with E-state index in [1.165, 1.54) is 11.6 Å². The molecule has 5 rings (SSSR count). The average molecular weight is 458 g/mol. The van der Waals surface area contributed by atoms with Gasteiger partial charge in [0.1, 0.15) is 0 Å². The zero-order chi connectivity index (χ0) is 23.0. The molecule has 176 valence electrons. The molecule has 0 radical (unpaired) electrons. The SMILES string of the molecule is CN1CC[C@]2(c3ccc4c(c3)OCCCO4)CC[C@@H](NC(=O)Nc3ccc(F)c(F)c3)C[C@H]12. The minimum atomic E-state index is -0.988. The van der Waals surface area contributed by atoms with Gasteiger partial charge in [-0.25, -0.2) is 13.6 Å². The second-order valence-corrected chi connectivity index (χ2v) is 9.31. The van der Waals surface area contributed by atoms with Crippen LogP contribution in [0.15, 0.2) is 36.4 Å². The number of hydrogen-bond acceptors (Lipinski definition) is 4. The van der Waals surface area contributed by atoms with E-state index in [1.54, 1.807) is 0 Å². The molecule has 2 aliphatic heterocycles. The quantitative estimate of drug-likeness (QED) is 0.715. The number of hydrogen-bond donors (Lipinski definition) is 2. The Bertz CT molecular complexity index is 1050. The fourth-order valence-electron chi connectivity index (χ4n) is 5.65. The molecule has 3 atom stereocenters. The van der Waals surface area contributed by atoms with Gasteiger partial charge in [-0.05, 0) is 69.1 Å². The summed E-state index contributed by atoms with van der Waals surface area (Å²) in [5.41, 5.74) is 1.50. The maximum Gasteiger partial charge on any atom is 0.319 e. The monoisotopic (exact) mass is 457 g/mol. The maximum absolute atomic E-state index is 13.4. The van der Waals surface area contributed by atoms with Gasteiger partial charge in [0.05, 0.1) is 13.2 Å². The lowest BCUT2D eigenvalue weighted by atomic mass is 9.65. The number of benzene rings is 2. The molecule has 2 aromatic rings. The van der Waals surface area contributed by atoms with Crippen LogP contribution in [-0.2, 0) is 5.41 Å². The molecule has 3 aliphatic rings. The second-order valence-electron chi connectivity index (χ2n) is 9.31. The van der Waals surface area contributed by atoms with Crippen molar-refractivity contribution in [3.05, 3.63) is 53.6 Å². The molecule has 2 fully saturated rings. The van der Waals surface area contributed by atoms with Crippen LogP contribution in [0.25, 0.3) is 0 Å². The fraction of sp³-hybridized carbons (Fsp3) is 0.480. The number of fused-ring (bicyclic) bond motifs is 2. The third-order valence-corrected chi connectivity index (χ3v) is 7.36. The van der Waals surface area contributed by atoms with Crippen molar-refractivity contribution in [3.8, 4) is 11.5 Å². The third kappa shape index (κ3) is 4.24. The predicted molar refractivity (Wildman–Crippen MR) is 121 cm³/mol. The Balaban J connectivity index is 1.29. The van der Waals surface area contributed by atoms with Crippen LogP contribution in [0.4, 0.5) is 19.3 Å². The summed E-state index contributed by atoms with van der Waals surface area (Å²) < 4.78 is 38.3. The molecule has 1 aliphatic carbocycles. The van der Waals surface area contributed by atoms with Crippen LogP contribution in [0.1, 0.15) is 37.7 Å². The molecule has 0 unspecified atom stereocenters. The highest BCUT2D eigenvalue weighted by Crippen LogP contribution is 2.50. The normalized spacial score (nSPS) is 26.9. The Morgan fingerprint density at radius 3 is 2.70 bits per heavy atom. The number of anilines is 1. The lowest BCUT2D eigenvalue weighted by Crippen LogP contribution is -2.52. The number of nitrogens with one attached hydrogen (secondary N) is 2. The number of likely N-dealkylation sites (tertiary alicyclic amines) is 1. The Hall–Kier alpha value is -2.87. The first-order chi connectivity index (χ1) is 15.9. The summed E-state index contributed by atoms with van der Waals surface area (Å²) in [4.78, 5) is 14.9. The highest BCUT2D eigenvalue weighted by Gasteiger charge is 2.50. The lowest BCUT2D eigenvalue weighted by molar-refractivity contribution is 0.156. The Labute approximate surface area is 192 Å². The van der Waals surface area contributed by atoms with Gasteiger partial charge >= 0.3 is 6.03 Å². The van der Waals surface area contributed by atoms with Crippen LogP contribution in [0.2, 0.25) is 0 Å². The van der Waals surface area contributed by atoms with Gasteiger partial charge in [-0.2, -0.15) is 0 Å². The third-order valence-electron chi connectivity index (χ3n) is 7.36. The van der Waals surface area contributed by atoms with Crippen molar-refractivity contribution >= 4 is 11.7 Å². The standard InChI is InChI=1S/C25H29F2N3O3/c1-30-10-9-25(16-3-6-21-22(13-16)33-12-2-11-32-21)8-7-18(15-23(25)30)29-24(31)28-17-4-5-19(26)20(27)14-17/h3-6,13-14,18,23H,2,7-12,15H2,1H3,(H2,28,29,31)/t18-,23+,25+/m1/s1. The molecule has 0 spiro atoms. The zero-order valence-electron chi connectivity index (χ0n) is 18.7. The summed E-state index contributed by atoms with van der Waals surface area (Å²) in [6.45, 7) is 2.32. The maximum atomic E-state index is 13.4. The van der Waals surface area contributed by atoms with Gasteiger partial charge < -0.3 is 25.0 Å². The van der Waals surface area contributed by atoms with E-state index in [1.807, 2.05) is 6.07 Å². The van der Waals surface area contributed by atoms with Gasteiger partial charge in [0.25, 0.3) is 0 Å². The van der Waals surface area contributed by atoms with Crippen LogP contribution >= 0.6 is 0 Å². The van der Waals surface area contributed by atoms with Crippen molar-refractivity contribution in [3.63, 3.8) is 0 Å². The molecule has 2 heterocycles. The predicted octanol–water partition coefficient (Wildman–Crippen LogP) is 4.44. The molecule has 2 N–H and O–H groups in total. The van der Waals surface area contributed by atoms with Crippen LogP contribution in [0, 0.1) is 11.6 Å². The minimum Gasteiger partial charge on any atom is -0.490 e. The number of likely N-dealkylation sites (N-methyl/N-ethyl adjacent to an activating group) is 1. The topological polar surface area (TPSA) is 62.8 Å². The number of ether oxygens (including phenoxy) is 2. The number of amides is 2. The van der Waals surface area contributed by atoms with Gasteiger partial charge in [0.15, 0.2) is 23.1 Å². The first-order valence-electron chi connectivity index (χ1n) is 11.6. The van der Waals surface area contributed by atoms with Crippen molar-refractivity contribution < 1.29 is 23.0 Å². The van der Waals surface area contributed by atoms with E-state index in [-0.39, 0.29) is 23.2 Å². The number of carbonyl (C=O) groups excluding carboxylic acids is 1.